The number of nitrogens with one attached hydrogen (secondary N) is 1. The number of aromatic nitrogens is 1. The predicted octanol–water partition coefficient (Wildman–Crippen LogP) is 3.25. The number of para-hydroxylation sites is 2. The third kappa shape index (κ3) is 5.75. The molecule has 0 spiro atoms. The molecule has 1 N–H and O–H groups in total. The third-order valence-electron chi connectivity index (χ3n) is 6.39. The Morgan fingerprint density at radius 1 is 0.971 bits per heavy atom. The van der Waals surface area contributed by atoms with Gasteiger partial charge in [0.1, 0.15) is 11.5 Å². The van der Waals surface area contributed by atoms with Gasteiger partial charge >= 0.3 is 0 Å². The summed E-state index contributed by atoms with van der Waals surface area (Å²) in [6.07, 6.45) is 3.54. The molecule has 2 aromatic carbocycles. The van der Waals surface area contributed by atoms with E-state index in [1.54, 1.807) is 38.6 Å². The molecule has 0 unspecified atom stereocenters. The second kappa shape index (κ2) is 11.1. The van der Waals surface area contributed by atoms with Gasteiger partial charge in [-0.25, -0.2) is 13.1 Å². The molecule has 3 aromatic rings. The zero-order valence-electron chi connectivity index (χ0n) is 20.3. The molecule has 0 amide bonds. The smallest absolute Gasteiger partial charge is 0.240 e. The van der Waals surface area contributed by atoms with Crippen molar-refractivity contribution in [2.75, 3.05) is 51.8 Å². The van der Waals surface area contributed by atoms with Crippen molar-refractivity contribution in [3.63, 3.8) is 0 Å². The van der Waals surface area contributed by atoms with E-state index in [0.29, 0.717) is 5.75 Å². The highest BCUT2D eigenvalue weighted by Gasteiger charge is 2.28. The predicted molar refractivity (Wildman–Crippen MR) is 137 cm³/mol. The molecule has 1 aliphatic rings. The topological polar surface area (TPSA) is 84.0 Å². The van der Waals surface area contributed by atoms with Crippen molar-refractivity contribution in [2.45, 2.75) is 17.9 Å². The zero-order chi connectivity index (χ0) is 24.8. The Hall–Kier alpha value is -3.14. The molecular formula is C26H32N4O4S. The van der Waals surface area contributed by atoms with Gasteiger partial charge in [-0.15, -0.1) is 0 Å². The van der Waals surface area contributed by atoms with Gasteiger partial charge in [-0.05, 0) is 54.4 Å². The molecule has 35 heavy (non-hydrogen) atoms. The Labute approximate surface area is 207 Å². The number of rotatable bonds is 9. The molecule has 0 saturated carbocycles. The molecule has 1 atom stereocenters. The lowest BCUT2D eigenvalue weighted by atomic mass is 10.1. The van der Waals surface area contributed by atoms with Crippen molar-refractivity contribution in [3.8, 4) is 11.5 Å². The van der Waals surface area contributed by atoms with E-state index in [9.17, 15) is 8.42 Å². The number of piperazine rings is 1. The normalized spacial score (nSPS) is 15.6. The Morgan fingerprint density at radius 2 is 1.71 bits per heavy atom. The van der Waals surface area contributed by atoms with E-state index in [0.717, 1.165) is 48.7 Å². The molecule has 2 heterocycles. The fourth-order valence-corrected chi connectivity index (χ4v) is 5.61. The van der Waals surface area contributed by atoms with Crippen LogP contribution in [0.2, 0.25) is 0 Å². The summed E-state index contributed by atoms with van der Waals surface area (Å²) in [7, 11) is -0.437. The number of aryl methyl sites for hydroxylation is 1. The maximum absolute atomic E-state index is 13.1. The van der Waals surface area contributed by atoms with Crippen LogP contribution >= 0.6 is 0 Å². The van der Waals surface area contributed by atoms with Crippen LogP contribution in [0.4, 0.5) is 5.69 Å². The van der Waals surface area contributed by atoms with E-state index in [1.807, 2.05) is 43.5 Å². The van der Waals surface area contributed by atoms with Crippen LogP contribution in [-0.2, 0) is 10.0 Å². The lowest BCUT2D eigenvalue weighted by Gasteiger charge is -2.40. The van der Waals surface area contributed by atoms with Crippen LogP contribution in [0.25, 0.3) is 0 Å². The molecule has 0 aliphatic carbocycles. The number of ether oxygens (including phenoxy) is 2. The number of sulfonamides is 1. The van der Waals surface area contributed by atoms with Crippen molar-refractivity contribution in [3.05, 3.63) is 78.1 Å². The molecule has 1 saturated heterocycles. The minimum Gasteiger partial charge on any atom is -0.496 e. The van der Waals surface area contributed by atoms with Gasteiger partial charge in [-0.1, -0.05) is 18.2 Å². The van der Waals surface area contributed by atoms with E-state index in [2.05, 4.69) is 25.6 Å². The minimum atomic E-state index is -3.69. The van der Waals surface area contributed by atoms with Gasteiger partial charge in [-0.2, -0.15) is 0 Å². The Morgan fingerprint density at radius 3 is 2.37 bits per heavy atom. The van der Waals surface area contributed by atoms with Gasteiger partial charge in [0.25, 0.3) is 0 Å². The third-order valence-corrected chi connectivity index (χ3v) is 7.81. The summed E-state index contributed by atoms with van der Waals surface area (Å²) in [6.45, 7) is 5.25. The second-order valence-electron chi connectivity index (χ2n) is 8.48. The molecular weight excluding hydrogens is 464 g/mol. The monoisotopic (exact) mass is 496 g/mol. The van der Waals surface area contributed by atoms with Crippen LogP contribution in [0.5, 0.6) is 11.5 Å². The SMILES string of the molecule is COc1ccc(S(=O)(=O)NC[C@@H](c2cccnc2)N2CCN(c3ccccc3OC)CC2)cc1C. The maximum atomic E-state index is 13.1. The fourth-order valence-electron chi connectivity index (χ4n) is 4.49. The molecule has 1 fully saturated rings. The van der Waals surface area contributed by atoms with Gasteiger partial charge in [0.15, 0.2) is 0 Å². The van der Waals surface area contributed by atoms with Crippen LogP contribution in [0, 0.1) is 6.92 Å². The number of hydrogen-bond donors (Lipinski definition) is 1. The zero-order valence-corrected chi connectivity index (χ0v) is 21.2. The number of anilines is 1. The number of hydrogen-bond acceptors (Lipinski definition) is 7. The van der Waals surface area contributed by atoms with Crippen LogP contribution in [0.15, 0.2) is 71.9 Å². The van der Waals surface area contributed by atoms with E-state index in [1.165, 1.54) is 0 Å². The first kappa shape index (κ1) is 25.0. The maximum Gasteiger partial charge on any atom is 0.240 e. The average molecular weight is 497 g/mol. The highest BCUT2D eigenvalue weighted by molar-refractivity contribution is 7.89. The van der Waals surface area contributed by atoms with Crippen molar-refractivity contribution in [1.82, 2.24) is 14.6 Å². The molecule has 0 bridgehead atoms. The first-order valence-electron chi connectivity index (χ1n) is 11.6. The van der Waals surface area contributed by atoms with Crippen LogP contribution < -0.4 is 19.1 Å². The van der Waals surface area contributed by atoms with E-state index in [4.69, 9.17) is 9.47 Å². The minimum absolute atomic E-state index is 0.141. The lowest BCUT2D eigenvalue weighted by Crippen LogP contribution is -2.50. The number of methoxy groups -OCH3 is 2. The molecule has 0 radical (unpaired) electrons. The Bertz CT molecular complexity index is 1230. The summed E-state index contributed by atoms with van der Waals surface area (Å²) in [5.74, 6) is 1.51. The molecule has 1 aromatic heterocycles. The van der Waals surface area contributed by atoms with Gasteiger partial charge in [0, 0.05) is 45.1 Å². The van der Waals surface area contributed by atoms with Gasteiger partial charge in [-0.3, -0.25) is 9.88 Å². The van der Waals surface area contributed by atoms with Crippen molar-refractivity contribution < 1.29 is 17.9 Å². The fraction of sp³-hybridized carbons (Fsp3) is 0.346. The molecule has 8 nitrogen and oxygen atoms in total. The molecule has 1 aliphatic heterocycles. The van der Waals surface area contributed by atoms with Crippen LogP contribution in [0.3, 0.4) is 0 Å². The van der Waals surface area contributed by atoms with Gasteiger partial charge < -0.3 is 14.4 Å². The van der Waals surface area contributed by atoms with Gasteiger partial charge in [0.05, 0.1) is 30.8 Å². The molecule has 9 heteroatoms. The average Bonchev–Trinajstić information content (AvgIpc) is 2.89. The molecule has 186 valence electrons. The lowest BCUT2D eigenvalue weighted by molar-refractivity contribution is 0.186. The summed E-state index contributed by atoms with van der Waals surface area (Å²) in [6, 6.07) is 16.6. The first-order valence-corrected chi connectivity index (χ1v) is 13.1. The van der Waals surface area contributed by atoms with Gasteiger partial charge in [0.2, 0.25) is 10.0 Å². The standard InChI is InChI=1S/C26H32N4O4S/c1-20-17-22(10-11-25(20)33-2)35(31,32)28-19-24(21-7-6-12-27-18-21)30-15-13-29(14-16-30)23-8-4-5-9-26(23)34-3/h4-12,17-18,24,28H,13-16,19H2,1-3H3/t24-/m0/s1. The quantitative estimate of drug-likeness (QED) is 0.487. The Balaban J connectivity index is 1.49. The van der Waals surface area contributed by atoms with Crippen LogP contribution in [0.1, 0.15) is 17.2 Å². The highest BCUT2D eigenvalue weighted by atomic mass is 32.2. The first-order chi connectivity index (χ1) is 16.9. The van der Waals surface area contributed by atoms with Crippen molar-refractivity contribution in [1.29, 1.82) is 0 Å². The second-order valence-corrected chi connectivity index (χ2v) is 10.2. The number of nitrogens with zero attached hydrogens (tertiary/aromatic N) is 3. The summed E-state index contributed by atoms with van der Waals surface area (Å²) in [5.41, 5.74) is 2.82. The van der Waals surface area contributed by atoms with E-state index in [-0.39, 0.29) is 17.5 Å². The van der Waals surface area contributed by atoms with Crippen molar-refractivity contribution in [2.24, 2.45) is 0 Å². The summed E-state index contributed by atoms with van der Waals surface area (Å²) in [4.78, 5) is 9.11. The van der Waals surface area contributed by atoms with E-state index >= 15 is 0 Å². The summed E-state index contributed by atoms with van der Waals surface area (Å²) < 4.78 is 39.8. The van der Waals surface area contributed by atoms with Crippen LogP contribution in [-0.4, -0.2) is 65.2 Å². The van der Waals surface area contributed by atoms with Crippen molar-refractivity contribution >= 4 is 15.7 Å². The Kier molecular flexibility index (Phi) is 7.90. The number of pyridine rings is 1. The highest BCUT2D eigenvalue weighted by Crippen LogP contribution is 2.30. The van der Waals surface area contributed by atoms with E-state index < -0.39 is 10.0 Å². The molecule has 4 rings (SSSR count). The summed E-state index contributed by atoms with van der Waals surface area (Å²) in [5, 5.41) is 0. The number of benzene rings is 2. The summed E-state index contributed by atoms with van der Waals surface area (Å²) >= 11 is 0. The largest absolute Gasteiger partial charge is 0.496 e.